The van der Waals surface area contributed by atoms with Gasteiger partial charge in [0, 0.05) is 25.1 Å². The molecular formula is C15H25NO4. The average molecular weight is 283 g/mol. The highest BCUT2D eigenvalue weighted by atomic mass is 16.5. The molecule has 0 aliphatic heterocycles. The second kappa shape index (κ2) is 6.72. The van der Waals surface area contributed by atoms with Crippen LogP contribution in [0.2, 0.25) is 0 Å². The van der Waals surface area contributed by atoms with Crippen LogP contribution < -0.4 is 5.32 Å². The molecule has 1 saturated carbocycles. The lowest BCUT2D eigenvalue weighted by Crippen LogP contribution is -2.61. The fraction of sp³-hybridized carbons (Fsp3) is 0.733. The zero-order valence-corrected chi connectivity index (χ0v) is 12.5. The predicted octanol–water partition coefficient (Wildman–Crippen LogP) is 1.56. The van der Waals surface area contributed by atoms with Crippen molar-refractivity contribution < 1.29 is 19.0 Å². The molecule has 1 aromatic rings. The summed E-state index contributed by atoms with van der Waals surface area (Å²) in [6.45, 7) is 5.59. The minimum absolute atomic E-state index is 0.115. The van der Waals surface area contributed by atoms with E-state index in [0.717, 1.165) is 12.2 Å². The van der Waals surface area contributed by atoms with Gasteiger partial charge in [-0.15, -0.1) is 0 Å². The summed E-state index contributed by atoms with van der Waals surface area (Å²) in [5.74, 6) is 0.772. The fourth-order valence-electron chi connectivity index (χ4n) is 2.66. The van der Waals surface area contributed by atoms with Gasteiger partial charge in [-0.05, 0) is 18.6 Å². The molecule has 1 aliphatic rings. The molecule has 114 valence electrons. The van der Waals surface area contributed by atoms with Crippen LogP contribution in [0, 0.1) is 5.41 Å². The molecule has 3 atom stereocenters. The second-order valence-electron chi connectivity index (χ2n) is 5.99. The highest BCUT2D eigenvalue weighted by molar-refractivity contribution is 5.02. The molecule has 0 spiro atoms. The van der Waals surface area contributed by atoms with E-state index in [2.05, 4.69) is 19.2 Å². The maximum atomic E-state index is 9.89. The zero-order chi connectivity index (χ0) is 14.6. The van der Waals surface area contributed by atoms with Gasteiger partial charge in [0.2, 0.25) is 0 Å². The Labute approximate surface area is 120 Å². The van der Waals surface area contributed by atoms with Crippen LogP contribution in [0.1, 0.15) is 26.0 Å². The summed E-state index contributed by atoms with van der Waals surface area (Å²) >= 11 is 0. The van der Waals surface area contributed by atoms with Gasteiger partial charge >= 0.3 is 0 Å². The molecule has 2 rings (SSSR count). The first-order chi connectivity index (χ1) is 9.54. The van der Waals surface area contributed by atoms with E-state index in [0.29, 0.717) is 31.9 Å². The van der Waals surface area contributed by atoms with E-state index in [1.54, 1.807) is 13.4 Å². The first kappa shape index (κ1) is 15.5. The highest BCUT2D eigenvalue weighted by Crippen LogP contribution is 2.42. The largest absolute Gasteiger partial charge is 0.467 e. The Balaban J connectivity index is 1.60. The molecule has 0 aromatic carbocycles. The van der Waals surface area contributed by atoms with E-state index < -0.39 is 6.10 Å². The standard InChI is InChI=1S/C15H25NO4/c1-15(2)13(7-14(15)18-3)16-8-11(17)9-19-10-12-5-4-6-20-12/h4-6,11,13-14,16-17H,7-10H2,1-3H3. The van der Waals surface area contributed by atoms with Gasteiger partial charge in [-0.1, -0.05) is 13.8 Å². The molecule has 1 heterocycles. The lowest BCUT2D eigenvalue weighted by Gasteiger charge is -2.51. The van der Waals surface area contributed by atoms with E-state index in [4.69, 9.17) is 13.9 Å². The number of aliphatic hydroxyl groups excluding tert-OH is 1. The SMILES string of the molecule is COC1CC(NCC(O)COCc2ccco2)C1(C)C. The lowest BCUT2D eigenvalue weighted by molar-refractivity contribution is -0.100. The van der Waals surface area contributed by atoms with Crippen molar-refractivity contribution in [2.24, 2.45) is 5.41 Å². The average Bonchev–Trinajstić information content (AvgIpc) is 2.91. The summed E-state index contributed by atoms with van der Waals surface area (Å²) < 4.78 is 16.0. The maximum Gasteiger partial charge on any atom is 0.129 e. The van der Waals surface area contributed by atoms with Crippen LogP contribution in [0.5, 0.6) is 0 Å². The van der Waals surface area contributed by atoms with Crippen molar-refractivity contribution in [3.05, 3.63) is 24.2 Å². The van der Waals surface area contributed by atoms with Crippen LogP contribution in [-0.4, -0.2) is 43.6 Å². The minimum Gasteiger partial charge on any atom is -0.467 e. The van der Waals surface area contributed by atoms with Crippen LogP contribution in [0.25, 0.3) is 0 Å². The van der Waals surface area contributed by atoms with Crippen LogP contribution in [0.3, 0.4) is 0 Å². The van der Waals surface area contributed by atoms with Crippen molar-refractivity contribution >= 4 is 0 Å². The molecular weight excluding hydrogens is 258 g/mol. The number of ether oxygens (including phenoxy) is 2. The minimum atomic E-state index is -0.512. The van der Waals surface area contributed by atoms with Gasteiger partial charge in [-0.25, -0.2) is 0 Å². The van der Waals surface area contributed by atoms with Gasteiger partial charge in [-0.2, -0.15) is 0 Å². The van der Waals surface area contributed by atoms with E-state index in [9.17, 15) is 5.11 Å². The van der Waals surface area contributed by atoms with Crippen molar-refractivity contribution in [3.8, 4) is 0 Å². The van der Waals surface area contributed by atoms with Gasteiger partial charge in [0.1, 0.15) is 12.4 Å². The van der Waals surface area contributed by atoms with Gasteiger partial charge in [-0.3, -0.25) is 0 Å². The molecule has 0 saturated heterocycles. The third kappa shape index (κ3) is 3.61. The van der Waals surface area contributed by atoms with Crippen molar-refractivity contribution in [2.45, 2.75) is 45.1 Å². The van der Waals surface area contributed by atoms with Gasteiger partial charge in [0.15, 0.2) is 0 Å². The normalized spacial score (nSPS) is 26.2. The maximum absolute atomic E-state index is 9.89. The molecule has 20 heavy (non-hydrogen) atoms. The molecule has 5 heteroatoms. The molecule has 3 unspecified atom stereocenters. The molecule has 0 amide bonds. The molecule has 0 radical (unpaired) electrons. The first-order valence-electron chi connectivity index (χ1n) is 7.08. The van der Waals surface area contributed by atoms with E-state index in [1.165, 1.54) is 0 Å². The predicted molar refractivity (Wildman–Crippen MR) is 75.4 cm³/mol. The van der Waals surface area contributed by atoms with Crippen molar-refractivity contribution in [1.82, 2.24) is 5.32 Å². The smallest absolute Gasteiger partial charge is 0.129 e. The Morgan fingerprint density at radius 3 is 2.95 bits per heavy atom. The molecule has 1 fully saturated rings. The number of nitrogens with one attached hydrogen (secondary N) is 1. The number of hydrogen-bond acceptors (Lipinski definition) is 5. The Morgan fingerprint density at radius 1 is 1.55 bits per heavy atom. The van der Waals surface area contributed by atoms with Crippen LogP contribution in [0.4, 0.5) is 0 Å². The Morgan fingerprint density at radius 2 is 2.35 bits per heavy atom. The second-order valence-corrected chi connectivity index (χ2v) is 5.99. The van der Waals surface area contributed by atoms with Crippen molar-refractivity contribution in [3.63, 3.8) is 0 Å². The Kier molecular flexibility index (Phi) is 5.21. The van der Waals surface area contributed by atoms with Gasteiger partial charge in [0.25, 0.3) is 0 Å². The number of hydrogen-bond donors (Lipinski definition) is 2. The van der Waals surface area contributed by atoms with Crippen molar-refractivity contribution in [2.75, 3.05) is 20.3 Å². The van der Waals surface area contributed by atoms with E-state index in [1.807, 2.05) is 12.1 Å². The topological polar surface area (TPSA) is 63.9 Å². The first-order valence-corrected chi connectivity index (χ1v) is 7.08. The summed E-state index contributed by atoms with van der Waals surface area (Å²) in [5, 5.41) is 13.3. The molecule has 5 nitrogen and oxygen atoms in total. The Hall–Kier alpha value is -0.880. The molecule has 2 N–H and O–H groups in total. The summed E-state index contributed by atoms with van der Waals surface area (Å²) in [6, 6.07) is 4.06. The highest BCUT2D eigenvalue weighted by Gasteiger charge is 2.48. The third-order valence-corrected chi connectivity index (χ3v) is 4.20. The van der Waals surface area contributed by atoms with E-state index in [-0.39, 0.29) is 5.41 Å². The number of furan rings is 1. The van der Waals surface area contributed by atoms with Crippen molar-refractivity contribution in [1.29, 1.82) is 0 Å². The summed E-state index contributed by atoms with van der Waals surface area (Å²) in [6.07, 6.45) is 2.39. The van der Waals surface area contributed by atoms with E-state index >= 15 is 0 Å². The van der Waals surface area contributed by atoms with Gasteiger partial charge < -0.3 is 24.3 Å². The van der Waals surface area contributed by atoms with Crippen LogP contribution in [0.15, 0.2) is 22.8 Å². The Bertz CT molecular complexity index is 391. The quantitative estimate of drug-likeness (QED) is 0.758. The number of methoxy groups -OCH3 is 1. The monoisotopic (exact) mass is 283 g/mol. The zero-order valence-electron chi connectivity index (χ0n) is 12.5. The molecule has 1 aromatic heterocycles. The van der Waals surface area contributed by atoms with Crippen LogP contribution in [-0.2, 0) is 16.1 Å². The fourth-order valence-corrected chi connectivity index (χ4v) is 2.66. The summed E-state index contributed by atoms with van der Waals surface area (Å²) in [4.78, 5) is 0. The summed E-state index contributed by atoms with van der Waals surface area (Å²) in [5.41, 5.74) is 0.115. The molecule has 1 aliphatic carbocycles. The van der Waals surface area contributed by atoms with Crippen LogP contribution >= 0.6 is 0 Å². The number of aliphatic hydroxyl groups is 1. The third-order valence-electron chi connectivity index (χ3n) is 4.20. The summed E-state index contributed by atoms with van der Waals surface area (Å²) in [7, 11) is 1.75. The lowest BCUT2D eigenvalue weighted by atomic mass is 9.64. The molecule has 0 bridgehead atoms. The van der Waals surface area contributed by atoms with Gasteiger partial charge in [0.05, 0.1) is 25.1 Å². The number of rotatable bonds is 8.